The lowest BCUT2D eigenvalue weighted by molar-refractivity contribution is 0.0748. The number of hydrogen-bond donors (Lipinski definition) is 2. The molecule has 11 heteroatoms. The molecule has 1 atom stereocenters. The van der Waals surface area contributed by atoms with Crippen LogP contribution in [0.5, 0.6) is 0 Å². The Morgan fingerprint density at radius 3 is 2.35 bits per heavy atom. The molecule has 6 aromatic rings. The molecule has 1 aliphatic heterocycles. The Morgan fingerprint density at radius 2 is 1.65 bits per heavy atom. The number of imidazole rings is 1. The second kappa shape index (κ2) is 10.9. The number of piperazine rings is 1. The number of nitrogens with one attached hydrogen (secondary N) is 1. The minimum Gasteiger partial charge on any atom is -0.465 e. The number of carboxylic acid groups (broad SMARTS) is 1. The van der Waals surface area contributed by atoms with E-state index in [-0.39, 0.29) is 17.0 Å². The molecule has 0 spiro atoms. The van der Waals surface area contributed by atoms with Crippen molar-refractivity contribution in [2.75, 3.05) is 29.9 Å². The predicted molar refractivity (Wildman–Crippen MR) is 181 cm³/mol. The van der Waals surface area contributed by atoms with Crippen molar-refractivity contribution in [2.24, 2.45) is 5.41 Å². The predicted octanol–water partition coefficient (Wildman–Crippen LogP) is 6.16. The van der Waals surface area contributed by atoms with Crippen molar-refractivity contribution >= 4 is 51.3 Å². The molecular weight excluding hydrogens is 580 g/mol. The van der Waals surface area contributed by atoms with Crippen LogP contribution in [-0.4, -0.2) is 65.7 Å². The minimum atomic E-state index is -0.875. The summed E-state index contributed by atoms with van der Waals surface area (Å²) in [6.07, 6.45) is 0.702. The number of nitrogens with zero attached hydrogens (tertiary/aromatic N) is 7. The average Bonchev–Trinajstić information content (AvgIpc) is 3.41. The number of aryl methyl sites for hydroxylation is 2. The Hall–Kier alpha value is -5.45. The molecular formula is C35H36N8O3. The van der Waals surface area contributed by atoms with Crippen LogP contribution in [-0.2, 0) is 0 Å². The zero-order valence-electron chi connectivity index (χ0n) is 26.5. The summed E-state index contributed by atoms with van der Waals surface area (Å²) in [5.74, 6) is 0.841. The molecule has 1 amide bonds. The van der Waals surface area contributed by atoms with Gasteiger partial charge < -0.3 is 20.2 Å². The van der Waals surface area contributed by atoms with Gasteiger partial charge in [-0.05, 0) is 66.8 Å². The fourth-order valence-electron chi connectivity index (χ4n) is 6.57. The summed E-state index contributed by atoms with van der Waals surface area (Å²) in [6, 6.07) is 21.6. The number of carbonyl (C=O) groups is 1. The lowest BCUT2D eigenvalue weighted by atomic mass is 9.84. The highest BCUT2D eigenvalue weighted by Gasteiger charge is 2.38. The minimum absolute atomic E-state index is 0.127. The van der Waals surface area contributed by atoms with Crippen LogP contribution in [0, 0.1) is 19.3 Å². The lowest BCUT2D eigenvalue weighted by Gasteiger charge is -2.46. The quantitative estimate of drug-likeness (QED) is 0.242. The third-order valence-electron chi connectivity index (χ3n) is 8.93. The Morgan fingerprint density at radius 1 is 0.935 bits per heavy atom. The van der Waals surface area contributed by atoms with E-state index in [1.807, 2.05) is 85.0 Å². The van der Waals surface area contributed by atoms with Gasteiger partial charge in [-0.3, -0.25) is 9.20 Å². The van der Waals surface area contributed by atoms with E-state index in [1.54, 1.807) is 15.7 Å². The van der Waals surface area contributed by atoms with E-state index in [4.69, 9.17) is 9.97 Å². The molecule has 2 N–H and O–H groups in total. The number of amides is 1. The number of fused-ring (bicyclic) bond motifs is 5. The van der Waals surface area contributed by atoms with Gasteiger partial charge in [-0.1, -0.05) is 51.1 Å². The molecule has 3 aromatic carbocycles. The topological polar surface area (TPSA) is 121 Å². The first-order valence-electron chi connectivity index (χ1n) is 15.4. The average molecular weight is 617 g/mol. The van der Waals surface area contributed by atoms with Gasteiger partial charge in [-0.25, -0.2) is 19.3 Å². The number of anilines is 3. The molecule has 3 aromatic heterocycles. The van der Waals surface area contributed by atoms with Crippen molar-refractivity contribution in [3.63, 3.8) is 0 Å². The first-order valence-corrected chi connectivity index (χ1v) is 15.4. The second-order valence-corrected chi connectivity index (χ2v) is 13.0. The third-order valence-corrected chi connectivity index (χ3v) is 8.93. The number of rotatable bonds is 4. The molecule has 1 aliphatic rings. The largest absolute Gasteiger partial charge is 0.465 e. The molecule has 4 heterocycles. The summed E-state index contributed by atoms with van der Waals surface area (Å²) in [5, 5.41) is 13.4. The van der Waals surface area contributed by atoms with Gasteiger partial charge in [-0.15, -0.1) is 0 Å². The first-order chi connectivity index (χ1) is 22.0. The Balaban J connectivity index is 1.26. The van der Waals surface area contributed by atoms with Crippen LogP contribution < -0.4 is 15.8 Å². The fourth-order valence-corrected chi connectivity index (χ4v) is 6.57. The fraction of sp³-hybridized carbons (Fsp3) is 0.286. The van der Waals surface area contributed by atoms with Crippen LogP contribution in [0.3, 0.4) is 0 Å². The van der Waals surface area contributed by atoms with Crippen molar-refractivity contribution in [1.29, 1.82) is 0 Å². The van der Waals surface area contributed by atoms with Crippen LogP contribution in [0.15, 0.2) is 77.7 Å². The Kier molecular flexibility index (Phi) is 6.91. The summed E-state index contributed by atoms with van der Waals surface area (Å²) in [7, 11) is 0. The van der Waals surface area contributed by atoms with Gasteiger partial charge in [0.05, 0.1) is 22.8 Å². The lowest BCUT2D eigenvalue weighted by Crippen LogP contribution is -2.59. The Labute approximate surface area is 265 Å². The van der Waals surface area contributed by atoms with E-state index < -0.39 is 6.09 Å². The van der Waals surface area contributed by atoms with Crippen LogP contribution in [0.2, 0.25) is 0 Å². The zero-order chi connectivity index (χ0) is 32.3. The van der Waals surface area contributed by atoms with Crippen molar-refractivity contribution in [3.8, 4) is 5.69 Å². The first kappa shape index (κ1) is 29.3. The number of benzene rings is 3. The monoisotopic (exact) mass is 616 g/mol. The summed E-state index contributed by atoms with van der Waals surface area (Å²) in [6.45, 7) is 11.9. The van der Waals surface area contributed by atoms with Gasteiger partial charge >= 0.3 is 6.09 Å². The van der Waals surface area contributed by atoms with Gasteiger partial charge in [0.15, 0.2) is 5.65 Å². The van der Waals surface area contributed by atoms with Crippen LogP contribution in [0.25, 0.3) is 33.5 Å². The van der Waals surface area contributed by atoms with Crippen LogP contribution in [0.1, 0.15) is 31.9 Å². The highest BCUT2D eigenvalue weighted by molar-refractivity contribution is 5.88. The van der Waals surface area contributed by atoms with Gasteiger partial charge in [0, 0.05) is 37.2 Å². The number of hydrogen-bond acceptors (Lipinski definition) is 7. The van der Waals surface area contributed by atoms with Crippen LogP contribution in [0.4, 0.5) is 22.1 Å². The third kappa shape index (κ3) is 4.88. The molecule has 234 valence electrons. The summed E-state index contributed by atoms with van der Waals surface area (Å²) < 4.78 is 3.60. The molecule has 7 rings (SSSR count). The van der Waals surface area contributed by atoms with Crippen molar-refractivity contribution in [3.05, 3.63) is 94.4 Å². The summed E-state index contributed by atoms with van der Waals surface area (Å²) in [5.41, 5.74) is 6.18. The van der Waals surface area contributed by atoms with Gasteiger partial charge in [0.1, 0.15) is 5.39 Å². The van der Waals surface area contributed by atoms with E-state index in [0.717, 1.165) is 39.2 Å². The van der Waals surface area contributed by atoms with E-state index in [0.29, 0.717) is 42.4 Å². The maximum atomic E-state index is 14.1. The number of aromatic nitrogens is 5. The maximum Gasteiger partial charge on any atom is 0.407 e. The molecule has 0 radical (unpaired) electrons. The molecule has 46 heavy (non-hydrogen) atoms. The highest BCUT2D eigenvalue weighted by atomic mass is 16.4. The molecule has 1 saturated heterocycles. The molecule has 1 fully saturated rings. The Bertz CT molecular complexity index is 2180. The molecule has 0 bridgehead atoms. The van der Waals surface area contributed by atoms with E-state index in [1.165, 1.54) is 0 Å². The molecule has 11 nitrogen and oxygen atoms in total. The van der Waals surface area contributed by atoms with E-state index >= 15 is 0 Å². The summed E-state index contributed by atoms with van der Waals surface area (Å²) >= 11 is 0. The van der Waals surface area contributed by atoms with Gasteiger partial charge in [-0.2, -0.15) is 4.98 Å². The zero-order valence-corrected chi connectivity index (χ0v) is 26.5. The van der Waals surface area contributed by atoms with E-state index in [2.05, 4.69) is 36.0 Å². The van der Waals surface area contributed by atoms with Crippen molar-refractivity contribution < 1.29 is 9.90 Å². The molecule has 0 aliphatic carbocycles. The van der Waals surface area contributed by atoms with E-state index in [9.17, 15) is 14.7 Å². The van der Waals surface area contributed by atoms with Gasteiger partial charge in [0.25, 0.3) is 5.56 Å². The van der Waals surface area contributed by atoms with Crippen molar-refractivity contribution in [2.45, 2.75) is 40.7 Å². The number of para-hydroxylation sites is 3. The van der Waals surface area contributed by atoms with Gasteiger partial charge in [0.2, 0.25) is 11.7 Å². The maximum absolute atomic E-state index is 14.1. The standard InChI is InChI=1S/C35H36N8O3/c1-21-9-8-10-22(2)29(21)43-31(44)25-19-36-32(39-30(25)42-27-12-7-6-11-26(27)38-33(42)43)37-23-13-15-24(16-14-23)40-17-18-41(34(45)46)28(20-40)35(3,4)5/h6-16,19,28H,17-18,20H2,1-5H3,(H,45,46)(H,36,37,39). The van der Waals surface area contributed by atoms with Crippen molar-refractivity contribution in [1.82, 2.24) is 28.8 Å². The second-order valence-electron chi connectivity index (χ2n) is 13.0. The van der Waals surface area contributed by atoms with Crippen LogP contribution >= 0.6 is 0 Å². The summed E-state index contributed by atoms with van der Waals surface area (Å²) in [4.78, 5) is 44.0. The molecule has 1 unspecified atom stereocenters. The normalized spacial score (nSPS) is 15.6. The smallest absolute Gasteiger partial charge is 0.407 e. The molecule has 0 saturated carbocycles. The highest BCUT2D eigenvalue weighted by Crippen LogP contribution is 2.31. The SMILES string of the molecule is Cc1cccc(C)c1-n1c(=O)c2cnc(Nc3ccc(N4CCN(C(=O)O)C(C(C)(C)C)C4)cc3)nc2n2c3ccccc3nc12.